The third-order valence-electron chi connectivity index (χ3n) is 4.52. The topological polar surface area (TPSA) is 41.5 Å². The van der Waals surface area contributed by atoms with E-state index in [1.165, 1.54) is 24.9 Å². The Balaban J connectivity index is 1.56. The van der Waals surface area contributed by atoms with E-state index in [1.54, 1.807) is 0 Å². The molecule has 3 rings (SSSR count). The summed E-state index contributed by atoms with van der Waals surface area (Å²) in [6, 6.07) is 0. The van der Waals surface area contributed by atoms with Crippen molar-refractivity contribution in [2.24, 2.45) is 5.92 Å². The molecule has 5 heteroatoms. The van der Waals surface area contributed by atoms with Crippen LogP contribution in [0.5, 0.6) is 0 Å². The minimum atomic E-state index is 0.728. The first-order valence-electron chi connectivity index (χ1n) is 8.21. The Morgan fingerprint density at radius 2 is 1.95 bits per heavy atom. The highest BCUT2D eigenvalue weighted by molar-refractivity contribution is 5.30. The maximum Gasteiger partial charge on any atom is 0.225 e. The van der Waals surface area contributed by atoms with Gasteiger partial charge in [-0.05, 0) is 30.7 Å². The van der Waals surface area contributed by atoms with Crippen molar-refractivity contribution in [3.63, 3.8) is 0 Å². The van der Waals surface area contributed by atoms with Crippen molar-refractivity contribution in [2.75, 3.05) is 50.8 Å². The Morgan fingerprint density at radius 3 is 2.67 bits per heavy atom. The lowest BCUT2D eigenvalue weighted by molar-refractivity contribution is 0.0296. The first-order valence-corrected chi connectivity index (χ1v) is 8.21. The molecule has 1 aromatic rings. The molecule has 1 unspecified atom stereocenters. The molecular formula is C16H26N4O. The highest BCUT2D eigenvalue weighted by Gasteiger charge is 2.24. The maximum absolute atomic E-state index is 5.43. The summed E-state index contributed by atoms with van der Waals surface area (Å²) in [4.78, 5) is 14.0. The molecule has 2 aliphatic heterocycles. The average molecular weight is 290 g/mol. The van der Waals surface area contributed by atoms with Gasteiger partial charge in [-0.25, -0.2) is 9.97 Å². The molecule has 1 aromatic heterocycles. The molecular weight excluding hydrogens is 264 g/mol. The number of nitrogens with zero attached hydrogens (tertiary/aromatic N) is 4. The summed E-state index contributed by atoms with van der Waals surface area (Å²) in [6.45, 7) is 9.44. The van der Waals surface area contributed by atoms with E-state index in [4.69, 9.17) is 4.74 Å². The first kappa shape index (κ1) is 14.7. The van der Waals surface area contributed by atoms with Crippen LogP contribution in [0.1, 0.15) is 25.3 Å². The molecule has 0 aliphatic carbocycles. The van der Waals surface area contributed by atoms with Crippen LogP contribution in [0.3, 0.4) is 0 Å². The van der Waals surface area contributed by atoms with Crippen LogP contribution >= 0.6 is 0 Å². The average Bonchev–Trinajstić information content (AvgIpc) is 2.56. The number of morpholine rings is 1. The van der Waals surface area contributed by atoms with Gasteiger partial charge in [0.05, 0.1) is 13.2 Å². The first-order chi connectivity index (χ1) is 10.3. The zero-order valence-electron chi connectivity index (χ0n) is 13.0. The Labute approximate surface area is 127 Å². The number of piperidine rings is 1. The van der Waals surface area contributed by atoms with Crippen molar-refractivity contribution in [3.8, 4) is 0 Å². The molecule has 0 amide bonds. The van der Waals surface area contributed by atoms with Gasteiger partial charge >= 0.3 is 0 Å². The largest absolute Gasteiger partial charge is 0.379 e. The quantitative estimate of drug-likeness (QED) is 0.842. The van der Waals surface area contributed by atoms with Gasteiger partial charge < -0.3 is 9.64 Å². The highest BCUT2D eigenvalue weighted by atomic mass is 16.5. The lowest BCUT2D eigenvalue weighted by atomic mass is 9.97. The van der Waals surface area contributed by atoms with Gasteiger partial charge in [0.1, 0.15) is 0 Å². The SMILES string of the molecule is CCc1cnc(N2CCCC(CN3CCOCC3)C2)nc1. The molecule has 0 spiro atoms. The van der Waals surface area contributed by atoms with Crippen molar-refractivity contribution in [1.29, 1.82) is 0 Å². The second kappa shape index (κ2) is 7.18. The summed E-state index contributed by atoms with van der Waals surface area (Å²) in [5.41, 5.74) is 1.21. The third kappa shape index (κ3) is 3.92. The predicted molar refractivity (Wildman–Crippen MR) is 83.6 cm³/mol. The lowest BCUT2D eigenvalue weighted by Crippen LogP contribution is -2.45. The van der Waals surface area contributed by atoms with Gasteiger partial charge in [-0.1, -0.05) is 6.92 Å². The van der Waals surface area contributed by atoms with Crippen LogP contribution in [0.4, 0.5) is 5.95 Å². The zero-order chi connectivity index (χ0) is 14.5. The standard InChI is InChI=1S/C16H26N4O/c1-2-14-10-17-16(18-11-14)20-5-3-4-15(13-20)12-19-6-8-21-9-7-19/h10-11,15H,2-9,12-13H2,1H3. The van der Waals surface area contributed by atoms with Crippen LogP contribution in [0.2, 0.25) is 0 Å². The molecule has 1 atom stereocenters. The highest BCUT2D eigenvalue weighted by Crippen LogP contribution is 2.21. The van der Waals surface area contributed by atoms with E-state index in [0.29, 0.717) is 0 Å². The molecule has 0 radical (unpaired) electrons. The minimum absolute atomic E-state index is 0.728. The Morgan fingerprint density at radius 1 is 1.19 bits per heavy atom. The van der Waals surface area contributed by atoms with Crippen LogP contribution < -0.4 is 4.90 Å². The minimum Gasteiger partial charge on any atom is -0.379 e. The van der Waals surface area contributed by atoms with E-state index in [0.717, 1.165) is 57.7 Å². The molecule has 0 aromatic carbocycles. The normalized spacial score (nSPS) is 24.2. The van der Waals surface area contributed by atoms with Crippen molar-refractivity contribution >= 4 is 5.95 Å². The fourth-order valence-corrected chi connectivity index (χ4v) is 3.24. The van der Waals surface area contributed by atoms with E-state index in [-0.39, 0.29) is 0 Å². The smallest absolute Gasteiger partial charge is 0.225 e. The van der Waals surface area contributed by atoms with Crippen molar-refractivity contribution in [3.05, 3.63) is 18.0 Å². The van der Waals surface area contributed by atoms with Crippen LogP contribution in [0.15, 0.2) is 12.4 Å². The summed E-state index contributed by atoms with van der Waals surface area (Å²) in [5.74, 6) is 1.63. The summed E-state index contributed by atoms with van der Waals surface area (Å²) in [6.07, 6.45) is 7.50. The molecule has 116 valence electrons. The number of ether oxygens (including phenoxy) is 1. The van der Waals surface area contributed by atoms with E-state index < -0.39 is 0 Å². The number of aromatic nitrogens is 2. The van der Waals surface area contributed by atoms with Crippen LogP contribution in [-0.4, -0.2) is 60.8 Å². The van der Waals surface area contributed by atoms with Crippen LogP contribution in [-0.2, 0) is 11.2 Å². The monoisotopic (exact) mass is 290 g/mol. The Kier molecular flexibility index (Phi) is 5.04. The second-order valence-electron chi connectivity index (χ2n) is 6.11. The second-order valence-corrected chi connectivity index (χ2v) is 6.11. The molecule has 0 bridgehead atoms. The van der Waals surface area contributed by atoms with Gasteiger partial charge in [-0.3, -0.25) is 4.90 Å². The molecule has 5 nitrogen and oxygen atoms in total. The molecule has 2 saturated heterocycles. The molecule has 2 fully saturated rings. The number of aryl methyl sites for hydroxylation is 1. The summed E-state index contributed by atoms with van der Waals surface area (Å²) in [7, 11) is 0. The van der Waals surface area contributed by atoms with E-state index in [2.05, 4.69) is 26.7 Å². The molecule has 0 saturated carbocycles. The van der Waals surface area contributed by atoms with E-state index in [9.17, 15) is 0 Å². The predicted octanol–water partition coefficient (Wildman–Crippen LogP) is 1.59. The zero-order valence-corrected chi connectivity index (χ0v) is 13.0. The van der Waals surface area contributed by atoms with Gasteiger partial charge in [0.15, 0.2) is 0 Å². The maximum atomic E-state index is 5.43. The van der Waals surface area contributed by atoms with Crippen molar-refractivity contribution in [1.82, 2.24) is 14.9 Å². The summed E-state index contributed by atoms with van der Waals surface area (Å²) in [5, 5.41) is 0. The van der Waals surface area contributed by atoms with Crippen LogP contribution in [0.25, 0.3) is 0 Å². The van der Waals surface area contributed by atoms with Gasteiger partial charge in [-0.2, -0.15) is 0 Å². The van der Waals surface area contributed by atoms with E-state index in [1.807, 2.05) is 12.4 Å². The molecule has 2 aliphatic rings. The third-order valence-corrected chi connectivity index (χ3v) is 4.52. The van der Waals surface area contributed by atoms with E-state index >= 15 is 0 Å². The summed E-state index contributed by atoms with van der Waals surface area (Å²) >= 11 is 0. The van der Waals surface area contributed by atoms with Gasteiger partial charge in [0.25, 0.3) is 0 Å². The number of hydrogen-bond acceptors (Lipinski definition) is 5. The Bertz CT molecular complexity index is 430. The van der Waals surface area contributed by atoms with Gasteiger partial charge in [-0.15, -0.1) is 0 Å². The number of rotatable bonds is 4. The fourth-order valence-electron chi connectivity index (χ4n) is 3.24. The van der Waals surface area contributed by atoms with Crippen molar-refractivity contribution in [2.45, 2.75) is 26.2 Å². The van der Waals surface area contributed by atoms with Crippen molar-refractivity contribution < 1.29 is 4.74 Å². The number of hydrogen-bond donors (Lipinski definition) is 0. The fraction of sp³-hybridized carbons (Fsp3) is 0.750. The molecule has 3 heterocycles. The molecule has 21 heavy (non-hydrogen) atoms. The van der Waals surface area contributed by atoms with Crippen LogP contribution in [0, 0.1) is 5.92 Å². The number of anilines is 1. The summed E-state index contributed by atoms with van der Waals surface area (Å²) < 4.78 is 5.43. The lowest BCUT2D eigenvalue weighted by Gasteiger charge is -2.36. The Hall–Kier alpha value is -1.20. The van der Waals surface area contributed by atoms with Gasteiger partial charge in [0, 0.05) is 45.1 Å². The van der Waals surface area contributed by atoms with Gasteiger partial charge in [0.2, 0.25) is 5.95 Å². The molecule has 0 N–H and O–H groups in total.